The van der Waals surface area contributed by atoms with Gasteiger partial charge in [-0.2, -0.15) is 0 Å². The van der Waals surface area contributed by atoms with Crippen LogP contribution in [0.2, 0.25) is 0 Å². The molecule has 174 valence electrons. The molecule has 4 saturated carbocycles. The Balaban J connectivity index is 1.43. The van der Waals surface area contributed by atoms with Gasteiger partial charge >= 0.3 is 5.97 Å². The quantitative estimate of drug-likeness (QED) is 0.572. The Bertz CT molecular complexity index is 791. The molecule has 1 saturated heterocycles. The van der Waals surface area contributed by atoms with Crippen molar-refractivity contribution in [3.05, 3.63) is 0 Å². The molecule has 1 aliphatic heterocycles. The maximum absolute atomic E-state index is 13.1. The smallest absolute Gasteiger partial charge is 0.302 e. The van der Waals surface area contributed by atoms with Gasteiger partial charge in [-0.25, -0.2) is 0 Å². The second-order valence-electron chi connectivity index (χ2n) is 12.3. The van der Waals surface area contributed by atoms with Crippen molar-refractivity contribution in [2.45, 2.75) is 117 Å². The van der Waals surface area contributed by atoms with Crippen molar-refractivity contribution in [1.82, 2.24) is 0 Å². The lowest BCUT2D eigenvalue weighted by molar-refractivity contribution is -0.219. The Labute approximate surface area is 186 Å². The van der Waals surface area contributed by atoms with Gasteiger partial charge in [0.25, 0.3) is 0 Å². The van der Waals surface area contributed by atoms with E-state index < -0.39 is 11.4 Å². The Morgan fingerprint density at radius 2 is 1.65 bits per heavy atom. The van der Waals surface area contributed by atoms with Crippen LogP contribution in [0.4, 0.5) is 0 Å². The summed E-state index contributed by atoms with van der Waals surface area (Å²) in [5, 5.41) is 0. The molecule has 5 nitrogen and oxygen atoms in total. The van der Waals surface area contributed by atoms with E-state index >= 15 is 0 Å². The van der Waals surface area contributed by atoms with Crippen molar-refractivity contribution in [2.75, 3.05) is 0 Å². The number of esters is 1. The summed E-state index contributed by atoms with van der Waals surface area (Å²) in [6.07, 6.45) is 8.66. The van der Waals surface area contributed by atoms with Gasteiger partial charge in [-0.05, 0) is 101 Å². The maximum Gasteiger partial charge on any atom is 0.302 e. The molecule has 0 N–H and O–H groups in total. The number of Topliss-reactive ketones (excluding diaryl/α,β-unsaturated/α-hetero) is 1. The van der Waals surface area contributed by atoms with Crippen LogP contribution in [0.5, 0.6) is 0 Å². The third-order valence-electron chi connectivity index (χ3n) is 10.5. The van der Waals surface area contributed by atoms with E-state index in [0.29, 0.717) is 29.1 Å². The van der Waals surface area contributed by atoms with E-state index in [2.05, 4.69) is 13.8 Å². The minimum atomic E-state index is -0.795. The molecule has 5 rings (SSSR count). The van der Waals surface area contributed by atoms with Crippen molar-refractivity contribution in [2.24, 2.45) is 34.5 Å². The van der Waals surface area contributed by atoms with Gasteiger partial charge in [-0.1, -0.05) is 13.8 Å². The highest BCUT2D eigenvalue weighted by molar-refractivity contribution is 5.88. The first-order valence-corrected chi connectivity index (χ1v) is 12.5. The first-order valence-electron chi connectivity index (χ1n) is 12.5. The monoisotopic (exact) mass is 432 g/mol. The average Bonchev–Trinajstić information content (AvgIpc) is 3.08. The fourth-order valence-electron chi connectivity index (χ4n) is 9.31. The number of carbonyl (C=O) groups is 2. The van der Waals surface area contributed by atoms with Gasteiger partial charge < -0.3 is 14.2 Å². The van der Waals surface area contributed by atoms with E-state index in [-0.39, 0.29) is 29.4 Å². The molecule has 0 unspecified atom stereocenters. The third-order valence-corrected chi connectivity index (χ3v) is 10.5. The van der Waals surface area contributed by atoms with Crippen LogP contribution in [-0.4, -0.2) is 35.3 Å². The van der Waals surface area contributed by atoms with Crippen LogP contribution in [0.15, 0.2) is 0 Å². The van der Waals surface area contributed by atoms with Crippen molar-refractivity contribution in [3.8, 4) is 0 Å². The SMILES string of the molecule is CC(=O)O[C@H]1CC[C@@]2(C)[C@@H](CC[C@H]3[C@H]2CC[C@@]2(C)[C@H]3C[C@@H]3OC(C)(C)O[C@@]32C(C)=O)C1. The minimum absolute atomic E-state index is 0.0943. The van der Waals surface area contributed by atoms with Crippen LogP contribution in [0.1, 0.15) is 92.9 Å². The van der Waals surface area contributed by atoms with Crippen LogP contribution >= 0.6 is 0 Å². The number of hydrogen-bond donors (Lipinski definition) is 0. The van der Waals surface area contributed by atoms with E-state index in [1.165, 1.54) is 19.8 Å². The van der Waals surface area contributed by atoms with E-state index in [4.69, 9.17) is 14.2 Å². The first-order chi connectivity index (χ1) is 14.4. The Kier molecular flexibility index (Phi) is 4.79. The predicted octanol–water partition coefficient (Wildman–Crippen LogP) is 5.05. The second kappa shape index (κ2) is 6.79. The van der Waals surface area contributed by atoms with E-state index in [9.17, 15) is 9.59 Å². The number of ether oxygens (including phenoxy) is 3. The molecule has 9 atom stereocenters. The van der Waals surface area contributed by atoms with Crippen molar-refractivity contribution >= 4 is 11.8 Å². The van der Waals surface area contributed by atoms with E-state index in [1.54, 1.807) is 6.92 Å². The molecule has 5 aliphatic rings. The van der Waals surface area contributed by atoms with Gasteiger partial charge in [0.2, 0.25) is 0 Å². The van der Waals surface area contributed by atoms with Gasteiger partial charge in [0, 0.05) is 12.3 Å². The predicted molar refractivity (Wildman–Crippen MR) is 116 cm³/mol. The lowest BCUT2D eigenvalue weighted by Gasteiger charge is -2.61. The number of ketones is 1. The molecule has 0 bridgehead atoms. The van der Waals surface area contributed by atoms with Gasteiger partial charge in [-0.15, -0.1) is 0 Å². The van der Waals surface area contributed by atoms with Gasteiger partial charge in [0.1, 0.15) is 6.10 Å². The number of fused-ring (bicyclic) bond motifs is 7. The lowest BCUT2D eigenvalue weighted by atomic mass is 9.44. The van der Waals surface area contributed by atoms with Crippen LogP contribution in [-0.2, 0) is 23.8 Å². The lowest BCUT2D eigenvalue weighted by Crippen LogP contribution is -2.60. The minimum Gasteiger partial charge on any atom is -0.463 e. The fraction of sp³-hybridized carbons (Fsp3) is 0.923. The van der Waals surface area contributed by atoms with Crippen LogP contribution < -0.4 is 0 Å². The highest BCUT2D eigenvalue weighted by Gasteiger charge is 2.75. The molecule has 5 heteroatoms. The Hall–Kier alpha value is -0.940. The molecule has 0 aromatic heterocycles. The van der Waals surface area contributed by atoms with Crippen molar-refractivity contribution in [1.29, 1.82) is 0 Å². The molecule has 4 aliphatic carbocycles. The zero-order valence-electron chi connectivity index (χ0n) is 20.2. The van der Waals surface area contributed by atoms with Crippen LogP contribution in [0, 0.1) is 34.5 Å². The summed E-state index contributed by atoms with van der Waals surface area (Å²) >= 11 is 0. The molecule has 31 heavy (non-hydrogen) atoms. The van der Waals surface area contributed by atoms with Crippen LogP contribution in [0.3, 0.4) is 0 Å². The fourth-order valence-corrected chi connectivity index (χ4v) is 9.31. The first kappa shape index (κ1) is 21.9. The molecule has 0 aromatic rings. The second-order valence-corrected chi connectivity index (χ2v) is 12.3. The molecule has 0 aromatic carbocycles. The van der Waals surface area contributed by atoms with Crippen molar-refractivity contribution in [3.63, 3.8) is 0 Å². The normalized spacial score (nSPS) is 52.5. The summed E-state index contributed by atoms with van der Waals surface area (Å²) in [5.74, 6) is 1.71. The Morgan fingerprint density at radius 1 is 0.903 bits per heavy atom. The zero-order valence-corrected chi connectivity index (χ0v) is 20.2. The Morgan fingerprint density at radius 3 is 2.32 bits per heavy atom. The number of rotatable bonds is 2. The van der Waals surface area contributed by atoms with E-state index in [1.807, 2.05) is 13.8 Å². The van der Waals surface area contributed by atoms with E-state index in [0.717, 1.165) is 38.5 Å². The summed E-state index contributed by atoms with van der Waals surface area (Å²) in [6, 6.07) is 0. The molecule has 5 fully saturated rings. The van der Waals surface area contributed by atoms with Crippen molar-refractivity contribution < 1.29 is 23.8 Å². The summed E-state index contributed by atoms with van der Waals surface area (Å²) < 4.78 is 18.5. The van der Waals surface area contributed by atoms with Gasteiger partial charge in [-0.3, -0.25) is 9.59 Å². The standard InChI is InChI=1S/C26H40O5/c1-15(27)26-22(30-23(3,4)31-26)14-21-19-8-7-17-13-18(29-16(2)28)9-11-24(17,5)20(19)10-12-25(21,26)6/h17-22H,7-14H2,1-6H3/t17-,18-,19-,20+,21-,22-,24-,25-,26-/m0/s1. The number of carbonyl (C=O) groups excluding carboxylic acids is 2. The molecule has 0 spiro atoms. The molecular weight excluding hydrogens is 392 g/mol. The molecule has 1 heterocycles. The summed E-state index contributed by atoms with van der Waals surface area (Å²) in [4.78, 5) is 24.6. The summed E-state index contributed by atoms with van der Waals surface area (Å²) in [6.45, 7) is 12.0. The highest BCUT2D eigenvalue weighted by atomic mass is 16.8. The molecule has 0 radical (unpaired) electrons. The van der Waals surface area contributed by atoms with Gasteiger partial charge in [0.05, 0.1) is 6.10 Å². The van der Waals surface area contributed by atoms with Gasteiger partial charge in [0.15, 0.2) is 17.2 Å². The van der Waals surface area contributed by atoms with Crippen LogP contribution in [0.25, 0.3) is 0 Å². The summed E-state index contributed by atoms with van der Waals surface area (Å²) in [7, 11) is 0. The molecule has 0 amide bonds. The highest BCUT2D eigenvalue weighted by Crippen LogP contribution is 2.71. The topological polar surface area (TPSA) is 61.8 Å². The zero-order chi connectivity index (χ0) is 22.4. The summed E-state index contributed by atoms with van der Waals surface area (Å²) in [5.41, 5.74) is -0.642. The number of hydrogen-bond acceptors (Lipinski definition) is 5. The average molecular weight is 433 g/mol. The third kappa shape index (κ3) is 2.87. The molecular formula is C26H40O5. The maximum atomic E-state index is 13.1. The largest absolute Gasteiger partial charge is 0.463 e.